The Kier molecular flexibility index (Phi) is 4.01. The molecule has 2 aromatic heterocycles. The molecular formula is C16H13N5O. The number of aromatic nitrogens is 3. The van der Waals surface area contributed by atoms with Gasteiger partial charge in [0.15, 0.2) is 0 Å². The molecule has 3 aromatic rings. The highest BCUT2D eigenvalue weighted by molar-refractivity contribution is 6.06. The molecule has 0 fully saturated rings. The second-order valence-corrected chi connectivity index (χ2v) is 4.43. The van der Waals surface area contributed by atoms with Gasteiger partial charge in [0.2, 0.25) is 0 Å². The van der Waals surface area contributed by atoms with Gasteiger partial charge < -0.3 is 5.32 Å². The SMILES string of the molecule is O=C(Nc1ccncc1)N(c1ccccc1)c1cncnc1. The average molecular weight is 291 g/mol. The minimum atomic E-state index is -0.299. The van der Waals surface area contributed by atoms with Crippen LogP contribution in [0.4, 0.5) is 21.9 Å². The van der Waals surface area contributed by atoms with E-state index in [1.807, 2.05) is 30.3 Å². The van der Waals surface area contributed by atoms with E-state index in [1.165, 1.54) is 11.2 Å². The minimum absolute atomic E-state index is 0.299. The molecule has 0 aliphatic carbocycles. The lowest BCUT2D eigenvalue weighted by Crippen LogP contribution is -2.31. The zero-order valence-electron chi connectivity index (χ0n) is 11.6. The van der Waals surface area contributed by atoms with E-state index in [0.717, 1.165) is 5.69 Å². The Hall–Kier alpha value is -3.28. The van der Waals surface area contributed by atoms with E-state index in [9.17, 15) is 4.79 Å². The molecule has 0 radical (unpaired) electrons. The first-order valence-corrected chi connectivity index (χ1v) is 6.66. The summed E-state index contributed by atoms with van der Waals surface area (Å²) >= 11 is 0. The van der Waals surface area contributed by atoms with E-state index in [-0.39, 0.29) is 6.03 Å². The number of carbonyl (C=O) groups is 1. The number of nitrogens with one attached hydrogen (secondary N) is 1. The number of amides is 2. The van der Waals surface area contributed by atoms with Crippen molar-refractivity contribution in [3.63, 3.8) is 0 Å². The third-order valence-electron chi connectivity index (χ3n) is 2.95. The summed E-state index contributed by atoms with van der Waals surface area (Å²) in [4.78, 5) is 26.1. The van der Waals surface area contributed by atoms with Gasteiger partial charge in [-0.15, -0.1) is 0 Å². The molecule has 0 unspecified atom stereocenters. The highest BCUT2D eigenvalue weighted by atomic mass is 16.2. The zero-order valence-corrected chi connectivity index (χ0v) is 11.6. The second-order valence-electron chi connectivity index (χ2n) is 4.43. The van der Waals surface area contributed by atoms with Gasteiger partial charge in [0.1, 0.15) is 6.33 Å². The van der Waals surface area contributed by atoms with Gasteiger partial charge in [-0.1, -0.05) is 18.2 Å². The molecule has 2 amide bonds. The molecule has 0 aliphatic heterocycles. The summed E-state index contributed by atoms with van der Waals surface area (Å²) in [6.45, 7) is 0. The van der Waals surface area contributed by atoms with Gasteiger partial charge in [0, 0.05) is 18.1 Å². The molecule has 0 atom stereocenters. The number of rotatable bonds is 3. The van der Waals surface area contributed by atoms with Gasteiger partial charge in [0.05, 0.1) is 23.8 Å². The molecule has 1 aromatic carbocycles. The Morgan fingerprint density at radius 2 is 1.55 bits per heavy atom. The predicted molar refractivity (Wildman–Crippen MR) is 83.9 cm³/mol. The van der Waals surface area contributed by atoms with Crippen molar-refractivity contribution in [2.75, 3.05) is 10.2 Å². The van der Waals surface area contributed by atoms with Gasteiger partial charge in [-0.2, -0.15) is 0 Å². The van der Waals surface area contributed by atoms with Gasteiger partial charge >= 0.3 is 6.03 Å². The Morgan fingerprint density at radius 3 is 2.23 bits per heavy atom. The van der Waals surface area contributed by atoms with E-state index in [2.05, 4.69) is 20.3 Å². The van der Waals surface area contributed by atoms with Crippen molar-refractivity contribution in [2.24, 2.45) is 0 Å². The largest absolute Gasteiger partial charge is 0.331 e. The predicted octanol–water partition coefficient (Wildman–Crippen LogP) is 3.24. The molecule has 3 rings (SSSR count). The molecule has 2 heterocycles. The number of para-hydroxylation sites is 1. The van der Waals surface area contributed by atoms with Crippen molar-refractivity contribution < 1.29 is 4.79 Å². The lowest BCUT2D eigenvalue weighted by atomic mass is 10.3. The minimum Gasteiger partial charge on any atom is -0.307 e. The van der Waals surface area contributed by atoms with E-state index < -0.39 is 0 Å². The summed E-state index contributed by atoms with van der Waals surface area (Å²) in [6, 6.07) is 12.5. The fourth-order valence-electron chi connectivity index (χ4n) is 1.98. The van der Waals surface area contributed by atoms with Crippen LogP contribution in [-0.4, -0.2) is 21.0 Å². The van der Waals surface area contributed by atoms with Crippen molar-refractivity contribution >= 4 is 23.1 Å². The number of urea groups is 1. The number of nitrogens with zero attached hydrogens (tertiary/aromatic N) is 4. The molecule has 1 N–H and O–H groups in total. The quantitative estimate of drug-likeness (QED) is 0.804. The third kappa shape index (κ3) is 3.06. The molecule has 0 aliphatic rings. The Morgan fingerprint density at radius 1 is 0.864 bits per heavy atom. The Bertz CT molecular complexity index is 695. The summed E-state index contributed by atoms with van der Waals surface area (Å²) in [7, 11) is 0. The number of benzene rings is 1. The first-order chi connectivity index (χ1) is 10.8. The maximum atomic E-state index is 12.7. The number of pyridine rings is 1. The summed E-state index contributed by atoms with van der Waals surface area (Å²) in [5, 5.41) is 2.83. The van der Waals surface area contributed by atoms with Crippen LogP contribution in [0.3, 0.4) is 0 Å². The van der Waals surface area contributed by atoms with Crippen molar-refractivity contribution in [3.05, 3.63) is 73.6 Å². The summed E-state index contributed by atoms with van der Waals surface area (Å²) in [6.07, 6.45) is 7.84. The van der Waals surface area contributed by atoms with E-state index in [1.54, 1.807) is 36.9 Å². The Labute approximate surface area is 127 Å². The third-order valence-corrected chi connectivity index (χ3v) is 2.95. The van der Waals surface area contributed by atoms with Gasteiger partial charge in [-0.3, -0.25) is 9.88 Å². The smallest absolute Gasteiger partial charge is 0.307 e. The summed E-state index contributed by atoms with van der Waals surface area (Å²) < 4.78 is 0. The number of carbonyl (C=O) groups excluding carboxylic acids is 1. The standard InChI is InChI=1S/C16H13N5O/c22-16(20-13-6-8-17-9-7-13)21(14-4-2-1-3-5-14)15-10-18-12-19-11-15/h1-12H,(H,17,20,22). The monoisotopic (exact) mass is 291 g/mol. The van der Waals surface area contributed by atoms with E-state index in [0.29, 0.717) is 11.4 Å². The first kappa shape index (κ1) is 13.7. The fraction of sp³-hybridized carbons (Fsp3) is 0. The van der Waals surface area contributed by atoms with Crippen LogP contribution in [0.25, 0.3) is 0 Å². The number of hydrogen-bond acceptors (Lipinski definition) is 4. The van der Waals surface area contributed by atoms with Crippen LogP contribution < -0.4 is 10.2 Å². The van der Waals surface area contributed by atoms with Gasteiger partial charge in [-0.25, -0.2) is 14.8 Å². The van der Waals surface area contributed by atoms with Crippen LogP contribution in [0.5, 0.6) is 0 Å². The molecule has 6 heteroatoms. The van der Waals surface area contributed by atoms with Crippen molar-refractivity contribution in [2.45, 2.75) is 0 Å². The molecule has 22 heavy (non-hydrogen) atoms. The van der Waals surface area contributed by atoms with Crippen LogP contribution in [0.15, 0.2) is 73.6 Å². The average Bonchev–Trinajstić information content (AvgIpc) is 2.58. The zero-order chi connectivity index (χ0) is 15.2. The molecular weight excluding hydrogens is 278 g/mol. The molecule has 6 nitrogen and oxygen atoms in total. The molecule has 0 saturated heterocycles. The molecule has 0 spiro atoms. The molecule has 0 saturated carbocycles. The van der Waals surface area contributed by atoms with Crippen LogP contribution in [0.1, 0.15) is 0 Å². The number of hydrogen-bond donors (Lipinski definition) is 1. The second kappa shape index (κ2) is 6.45. The van der Waals surface area contributed by atoms with Gasteiger partial charge in [0.25, 0.3) is 0 Å². The van der Waals surface area contributed by atoms with Crippen LogP contribution in [0.2, 0.25) is 0 Å². The van der Waals surface area contributed by atoms with Crippen molar-refractivity contribution in [1.82, 2.24) is 15.0 Å². The van der Waals surface area contributed by atoms with Crippen molar-refractivity contribution in [1.29, 1.82) is 0 Å². The lowest BCUT2D eigenvalue weighted by molar-refractivity contribution is 0.259. The highest BCUT2D eigenvalue weighted by Gasteiger charge is 2.18. The fourth-order valence-corrected chi connectivity index (χ4v) is 1.98. The van der Waals surface area contributed by atoms with Crippen molar-refractivity contribution in [3.8, 4) is 0 Å². The molecule has 0 bridgehead atoms. The topological polar surface area (TPSA) is 71.0 Å². The van der Waals surface area contributed by atoms with Crippen LogP contribution in [0, 0.1) is 0 Å². The van der Waals surface area contributed by atoms with Crippen LogP contribution >= 0.6 is 0 Å². The summed E-state index contributed by atoms with van der Waals surface area (Å²) in [5.41, 5.74) is 1.97. The molecule has 108 valence electrons. The first-order valence-electron chi connectivity index (χ1n) is 6.66. The van der Waals surface area contributed by atoms with E-state index >= 15 is 0 Å². The summed E-state index contributed by atoms with van der Waals surface area (Å²) in [5.74, 6) is 0. The van der Waals surface area contributed by atoms with Gasteiger partial charge in [-0.05, 0) is 24.3 Å². The van der Waals surface area contributed by atoms with Crippen LogP contribution in [-0.2, 0) is 0 Å². The highest BCUT2D eigenvalue weighted by Crippen LogP contribution is 2.24. The Balaban J connectivity index is 1.94. The number of anilines is 3. The lowest BCUT2D eigenvalue weighted by Gasteiger charge is -2.22. The maximum Gasteiger partial charge on any atom is 0.331 e. The normalized spacial score (nSPS) is 10.0. The van der Waals surface area contributed by atoms with E-state index in [4.69, 9.17) is 0 Å². The maximum absolute atomic E-state index is 12.7.